The standard InChI is InChI=1S/C24H21BrFNO4/c25-20-14-17(24(30)27-12-6-9-16-7-2-1-3-8-16)13-19(23(20)31-15-22(28)29)18-10-4-5-11-21(18)26/h1-5,7-8,10-11,13-14H,6,9,12,15H2,(H,27,30)(H,28,29). The summed E-state index contributed by atoms with van der Waals surface area (Å²) in [7, 11) is 0. The van der Waals surface area contributed by atoms with E-state index in [2.05, 4.69) is 21.2 Å². The van der Waals surface area contributed by atoms with Gasteiger partial charge in [0.1, 0.15) is 11.6 Å². The van der Waals surface area contributed by atoms with E-state index in [1.54, 1.807) is 18.2 Å². The molecule has 0 fully saturated rings. The number of carboxylic acid groups (broad SMARTS) is 1. The SMILES string of the molecule is O=C(O)COc1c(Br)cc(C(=O)NCCCc2ccccc2)cc1-c1ccccc1F. The molecule has 0 aliphatic rings. The Morgan fingerprint density at radius 1 is 1.00 bits per heavy atom. The number of hydrogen-bond donors (Lipinski definition) is 2. The Labute approximate surface area is 188 Å². The highest BCUT2D eigenvalue weighted by atomic mass is 79.9. The second-order valence-electron chi connectivity index (χ2n) is 6.84. The Morgan fingerprint density at radius 2 is 1.71 bits per heavy atom. The summed E-state index contributed by atoms with van der Waals surface area (Å²) < 4.78 is 20.2. The number of carboxylic acids is 1. The molecule has 0 heterocycles. The molecule has 2 N–H and O–H groups in total. The minimum Gasteiger partial charge on any atom is -0.480 e. The first-order valence-corrected chi connectivity index (χ1v) is 10.5. The number of amides is 1. The number of halogens is 2. The molecule has 0 unspecified atom stereocenters. The molecule has 3 rings (SSSR count). The lowest BCUT2D eigenvalue weighted by molar-refractivity contribution is -0.139. The van der Waals surface area contributed by atoms with Crippen molar-refractivity contribution in [2.24, 2.45) is 0 Å². The number of nitrogens with one attached hydrogen (secondary N) is 1. The van der Waals surface area contributed by atoms with E-state index in [9.17, 15) is 14.0 Å². The second kappa shape index (κ2) is 10.7. The molecule has 0 saturated carbocycles. The average Bonchev–Trinajstić information content (AvgIpc) is 2.76. The molecule has 0 atom stereocenters. The van der Waals surface area contributed by atoms with E-state index >= 15 is 0 Å². The normalized spacial score (nSPS) is 10.5. The predicted octanol–water partition coefficient (Wildman–Crippen LogP) is 5.08. The van der Waals surface area contributed by atoms with E-state index in [1.165, 1.54) is 23.8 Å². The number of rotatable bonds is 9. The van der Waals surface area contributed by atoms with Crippen molar-refractivity contribution in [1.29, 1.82) is 0 Å². The highest BCUT2D eigenvalue weighted by molar-refractivity contribution is 9.10. The lowest BCUT2D eigenvalue weighted by Gasteiger charge is -2.15. The third kappa shape index (κ3) is 6.15. The Kier molecular flexibility index (Phi) is 7.78. The molecule has 160 valence electrons. The molecule has 5 nitrogen and oxygen atoms in total. The summed E-state index contributed by atoms with van der Waals surface area (Å²) in [4.78, 5) is 23.6. The van der Waals surface area contributed by atoms with Crippen molar-refractivity contribution >= 4 is 27.8 Å². The number of carbonyl (C=O) groups is 2. The monoisotopic (exact) mass is 485 g/mol. The zero-order chi connectivity index (χ0) is 22.2. The predicted molar refractivity (Wildman–Crippen MR) is 120 cm³/mol. The first-order valence-electron chi connectivity index (χ1n) is 9.71. The summed E-state index contributed by atoms with van der Waals surface area (Å²) in [5.74, 6) is -1.81. The molecule has 1 amide bonds. The second-order valence-corrected chi connectivity index (χ2v) is 7.70. The number of carbonyl (C=O) groups excluding carboxylic acids is 1. The van der Waals surface area contributed by atoms with Gasteiger partial charge in [0.25, 0.3) is 5.91 Å². The first-order chi connectivity index (χ1) is 15.0. The molecule has 0 aromatic heterocycles. The molecule has 0 bridgehead atoms. The van der Waals surface area contributed by atoms with Gasteiger partial charge in [0.15, 0.2) is 6.61 Å². The lowest BCUT2D eigenvalue weighted by Crippen LogP contribution is -2.25. The van der Waals surface area contributed by atoms with Gasteiger partial charge in [-0.3, -0.25) is 4.79 Å². The summed E-state index contributed by atoms with van der Waals surface area (Å²) in [5, 5.41) is 11.8. The van der Waals surface area contributed by atoms with Crippen molar-refractivity contribution in [2.45, 2.75) is 12.8 Å². The fraction of sp³-hybridized carbons (Fsp3) is 0.167. The Morgan fingerprint density at radius 3 is 2.42 bits per heavy atom. The van der Waals surface area contributed by atoms with E-state index in [0.717, 1.165) is 12.8 Å². The van der Waals surface area contributed by atoms with Crippen LogP contribution in [0, 0.1) is 5.82 Å². The van der Waals surface area contributed by atoms with E-state index in [4.69, 9.17) is 9.84 Å². The molecule has 0 saturated heterocycles. The van der Waals surface area contributed by atoms with Crippen molar-refractivity contribution in [3.8, 4) is 16.9 Å². The van der Waals surface area contributed by atoms with Crippen LogP contribution in [0.3, 0.4) is 0 Å². The van der Waals surface area contributed by atoms with E-state index in [0.29, 0.717) is 22.1 Å². The largest absolute Gasteiger partial charge is 0.480 e. The Balaban J connectivity index is 1.79. The van der Waals surface area contributed by atoms with Crippen LogP contribution in [0.2, 0.25) is 0 Å². The van der Waals surface area contributed by atoms with Gasteiger partial charge in [0.05, 0.1) is 4.47 Å². The van der Waals surface area contributed by atoms with Gasteiger partial charge in [-0.25, -0.2) is 9.18 Å². The summed E-state index contributed by atoms with van der Waals surface area (Å²) in [6.45, 7) is -0.108. The van der Waals surface area contributed by atoms with Crippen molar-refractivity contribution in [3.63, 3.8) is 0 Å². The molecule has 7 heteroatoms. The zero-order valence-corrected chi connectivity index (χ0v) is 18.2. The van der Waals surface area contributed by atoms with E-state index in [-0.39, 0.29) is 17.2 Å². The van der Waals surface area contributed by atoms with Crippen LogP contribution in [-0.2, 0) is 11.2 Å². The molecule has 0 aliphatic carbocycles. The smallest absolute Gasteiger partial charge is 0.341 e. The molecule has 3 aromatic carbocycles. The summed E-state index contributed by atoms with van der Waals surface area (Å²) >= 11 is 3.33. The molecular weight excluding hydrogens is 465 g/mol. The molecule has 31 heavy (non-hydrogen) atoms. The van der Waals surface area contributed by atoms with Crippen molar-refractivity contribution < 1.29 is 23.8 Å². The van der Waals surface area contributed by atoms with Gasteiger partial charge in [0, 0.05) is 23.2 Å². The Hall–Kier alpha value is -3.19. The maximum absolute atomic E-state index is 14.4. The van der Waals surface area contributed by atoms with Crippen LogP contribution in [0.5, 0.6) is 5.75 Å². The van der Waals surface area contributed by atoms with Gasteiger partial charge in [-0.1, -0.05) is 48.5 Å². The van der Waals surface area contributed by atoms with Gasteiger partial charge in [-0.15, -0.1) is 0 Å². The molecule has 0 radical (unpaired) electrons. The van der Waals surface area contributed by atoms with Crippen LogP contribution in [-0.4, -0.2) is 30.1 Å². The number of hydrogen-bond acceptors (Lipinski definition) is 3. The lowest BCUT2D eigenvalue weighted by atomic mass is 10.0. The fourth-order valence-electron chi connectivity index (χ4n) is 3.13. The van der Waals surface area contributed by atoms with Crippen molar-refractivity contribution in [3.05, 3.63) is 88.1 Å². The summed E-state index contributed by atoms with van der Waals surface area (Å²) in [6.07, 6.45) is 1.62. The maximum Gasteiger partial charge on any atom is 0.341 e. The van der Waals surface area contributed by atoms with E-state index < -0.39 is 18.4 Å². The number of aliphatic carboxylic acids is 1. The van der Waals surface area contributed by atoms with Gasteiger partial charge >= 0.3 is 5.97 Å². The summed E-state index contributed by atoms with van der Waals surface area (Å²) in [6, 6.07) is 19.1. The summed E-state index contributed by atoms with van der Waals surface area (Å²) in [5.41, 5.74) is 2.01. The van der Waals surface area contributed by atoms with Crippen molar-refractivity contribution in [1.82, 2.24) is 5.32 Å². The number of ether oxygens (including phenoxy) is 1. The van der Waals surface area contributed by atoms with Crippen LogP contribution in [0.25, 0.3) is 11.1 Å². The average molecular weight is 486 g/mol. The molecule has 0 spiro atoms. The number of benzene rings is 3. The van der Waals surface area contributed by atoms with Gasteiger partial charge in [0.2, 0.25) is 0 Å². The fourth-order valence-corrected chi connectivity index (χ4v) is 3.70. The zero-order valence-electron chi connectivity index (χ0n) is 16.6. The molecule has 3 aromatic rings. The maximum atomic E-state index is 14.4. The Bertz CT molecular complexity index is 1070. The van der Waals surface area contributed by atoms with Crippen LogP contribution in [0.15, 0.2) is 71.2 Å². The van der Waals surface area contributed by atoms with Crippen LogP contribution < -0.4 is 10.1 Å². The third-order valence-corrected chi connectivity index (χ3v) is 5.17. The van der Waals surface area contributed by atoms with Crippen LogP contribution >= 0.6 is 15.9 Å². The van der Waals surface area contributed by atoms with Gasteiger partial charge < -0.3 is 15.2 Å². The van der Waals surface area contributed by atoms with Crippen LogP contribution in [0.1, 0.15) is 22.3 Å². The molecule has 0 aliphatic heterocycles. The third-order valence-electron chi connectivity index (χ3n) is 4.58. The minimum absolute atomic E-state index is 0.160. The highest BCUT2D eigenvalue weighted by Crippen LogP contribution is 2.39. The number of aryl methyl sites for hydroxylation is 1. The van der Waals surface area contributed by atoms with Gasteiger partial charge in [-0.2, -0.15) is 0 Å². The first kappa shape index (κ1) is 22.5. The molecular formula is C24H21BrFNO4. The van der Waals surface area contributed by atoms with Crippen LogP contribution in [0.4, 0.5) is 4.39 Å². The van der Waals surface area contributed by atoms with Gasteiger partial charge in [-0.05, 0) is 52.5 Å². The highest BCUT2D eigenvalue weighted by Gasteiger charge is 2.19. The topological polar surface area (TPSA) is 75.6 Å². The van der Waals surface area contributed by atoms with E-state index in [1.807, 2.05) is 30.3 Å². The minimum atomic E-state index is -1.16. The van der Waals surface area contributed by atoms with Crippen molar-refractivity contribution in [2.75, 3.05) is 13.2 Å². The quantitative estimate of drug-likeness (QED) is 0.414.